The van der Waals surface area contributed by atoms with Gasteiger partial charge in [-0.25, -0.2) is 4.98 Å². The first-order chi connectivity index (χ1) is 8.36. The molecule has 0 aliphatic heterocycles. The van der Waals surface area contributed by atoms with Gasteiger partial charge in [0.1, 0.15) is 6.61 Å². The van der Waals surface area contributed by atoms with Gasteiger partial charge in [-0.2, -0.15) is 0 Å². The minimum atomic E-state index is 0.548. The molecule has 4 heteroatoms. The molecule has 1 heterocycles. The summed E-state index contributed by atoms with van der Waals surface area (Å²) in [6.45, 7) is 7.89. The van der Waals surface area contributed by atoms with Crippen molar-refractivity contribution in [2.75, 3.05) is 26.4 Å². The Labute approximate surface area is 103 Å². The number of hydrogen-bond donors (Lipinski definition) is 1. The van der Waals surface area contributed by atoms with Crippen LogP contribution in [0, 0.1) is 0 Å². The molecule has 0 spiro atoms. The summed E-state index contributed by atoms with van der Waals surface area (Å²) in [5, 5.41) is 3.35. The lowest BCUT2D eigenvalue weighted by atomic mass is 10.2. The van der Waals surface area contributed by atoms with Crippen molar-refractivity contribution in [2.24, 2.45) is 0 Å². The van der Waals surface area contributed by atoms with Crippen molar-refractivity contribution >= 4 is 0 Å². The first-order valence-electron chi connectivity index (χ1n) is 6.23. The Kier molecular flexibility index (Phi) is 7.34. The molecular weight excluding hydrogens is 216 g/mol. The van der Waals surface area contributed by atoms with Crippen LogP contribution in [0.1, 0.15) is 25.8 Å². The number of nitrogens with one attached hydrogen (secondary N) is 1. The highest BCUT2D eigenvalue weighted by molar-refractivity contribution is 5.20. The van der Waals surface area contributed by atoms with Gasteiger partial charge in [-0.15, -0.1) is 0 Å². The summed E-state index contributed by atoms with van der Waals surface area (Å²) in [6, 6.07) is 3.96. The Hall–Kier alpha value is -1.13. The minimum absolute atomic E-state index is 0.548. The molecule has 0 bridgehead atoms. The van der Waals surface area contributed by atoms with Crippen LogP contribution in [0.4, 0.5) is 0 Å². The molecule has 0 saturated heterocycles. The van der Waals surface area contributed by atoms with Crippen LogP contribution in [0.5, 0.6) is 5.88 Å². The molecule has 1 rings (SSSR count). The van der Waals surface area contributed by atoms with Gasteiger partial charge in [0.05, 0.1) is 6.61 Å². The van der Waals surface area contributed by atoms with Crippen LogP contribution in [-0.2, 0) is 11.3 Å². The maximum absolute atomic E-state index is 5.49. The molecule has 0 atom stereocenters. The van der Waals surface area contributed by atoms with Gasteiger partial charge >= 0.3 is 0 Å². The summed E-state index contributed by atoms with van der Waals surface area (Å²) in [4.78, 5) is 4.16. The molecule has 0 fully saturated rings. The highest BCUT2D eigenvalue weighted by Crippen LogP contribution is 2.08. The fraction of sp³-hybridized carbons (Fsp3) is 0.615. The van der Waals surface area contributed by atoms with E-state index in [2.05, 4.69) is 17.2 Å². The Morgan fingerprint density at radius 3 is 2.94 bits per heavy atom. The lowest BCUT2D eigenvalue weighted by Gasteiger charge is -2.07. The second-order valence-electron chi connectivity index (χ2n) is 3.72. The number of rotatable bonds is 9. The molecule has 1 aromatic rings. The van der Waals surface area contributed by atoms with Crippen LogP contribution in [0.2, 0.25) is 0 Å². The van der Waals surface area contributed by atoms with Crippen LogP contribution < -0.4 is 10.1 Å². The molecule has 0 radical (unpaired) electrons. The van der Waals surface area contributed by atoms with Crippen LogP contribution >= 0.6 is 0 Å². The van der Waals surface area contributed by atoms with E-state index < -0.39 is 0 Å². The summed E-state index contributed by atoms with van der Waals surface area (Å²) in [5.74, 6) is 0.667. The second kappa shape index (κ2) is 8.96. The van der Waals surface area contributed by atoms with E-state index in [4.69, 9.17) is 9.47 Å². The van der Waals surface area contributed by atoms with Crippen molar-refractivity contribution in [1.82, 2.24) is 10.3 Å². The van der Waals surface area contributed by atoms with Gasteiger partial charge in [0.2, 0.25) is 5.88 Å². The van der Waals surface area contributed by atoms with Crippen LogP contribution in [0.3, 0.4) is 0 Å². The average Bonchev–Trinajstić information content (AvgIpc) is 2.36. The van der Waals surface area contributed by atoms with E-state index in [1.165, 1.54) is 5.56 Å². The zero-order valence-electron chi connectivity index (χ0n) is 10.7. The van der Waals surface area contributed by atoms with Gasteiger partial charge in [-0.3, -0.25) is 0 Å². The summed E-state index contributed by atoms with van der Waals surface area (Å²) in [5.41, 5.74) is 1.19. The van der Waals surface area contributed by atoms with Gasteiger partial charge in [-0.1, -0.05) is 6.92 Å². The largest absolute Gasteiger partial charge is 0.475 e. The smallest absolute Gasteiger partial charge is 0.213 e. The monoisotopic (exact) mass is 238 g/mol. The van der Waals surface area contributed by atoms with Crippen molar-refractivity contribution in [3.63, 3.8) is 0 Å². The van der Waals surface area contributed by atoms with E-state index in [1.54, 1.807) is 6.20 Å². The first-order valence-corrected chi connectivity index (χ1v) is 6.23. The molecule has 0 unspecified atom stereocenters. The molecule has 1 N–H and O–H groups in total. The molecule has 0 aromatic carbocycles. The predicted octanol–water partition coefficient (Wildman–Crippen LogP) is 2.00. The predicted molar refractivity (Wildman–Crippen MR) is 68.2 cm³/mol. The van der Waals surface area contributed by atoms with Crippen molar-refractivity contribution in [3.8, 4) is 5.88 Å². The molecule has 0 aliphatic carbocycles. The molecular formula is C13H22N2O2. The Bertz CT molecular complexity index is 305. The van der Waals surface area contributed by atoms with E-state index >= 15 is 0 Å². The number of nitrogens with zero attached hydrogens (tertiary/aromatic N) is 1. The highest BCUT2D eigenvalue weighted by Gasteiger charge is 1.98. The summed E-state index contributed by atoms with van der Waals surface area (Å²) in [6.07, 6.45) is 2.92. The lowest BCUT2D eigenvalue weighted by Crippen LogP contribution is -2.14. The van der Waals surface area contributed by atoms with Crippen LogP contribution in [0.25, 0.3) is 0 Å². The van der Waals surface area contributed by atoms with E-state index in [0.29, 0.717) is 19.1 Å². The molecule has 0 aliphatic rings. The quantitative estimate of drug-likeness (QED) is 0.668. The topological polar surface area (TPSA) is 43.4 Å². The third-order valence-electron chi connectivity index (χ3n) is 2.24. The molecule has 96 valence electrons. The van der Waals surface area contributed by atoms with E-state index in [9.17, 15) is 0 Å². The second-order valence-corrected chi connectivity index (χ2v) is 3.72. The SMILES string of the molecule is CCCNCc1ccnc(OCCOCC)c1. The number of ether oxygens (including phenoxy) is 2. The zero-order chi connectivity index (χ0) is 12.3. The van der Waals surface area contributed by atoms with Gasteiger partial charge in [-0.05, 0) is 31.5 Å². The number of pyridine rings is 1. The summed E-state index contributed by atoms with van der Waals surface area (Å²) in [7, 11) is 0. The molecule has 4 nitrogen and oxygen atoms in total. The average molecular weight is 238 g/mol. The van der Waals surface area contributed by atoms with Crippen molar-refractivity contribution in [3.05, 3.63) is 23.9 Å². The van der Waals surface area contributed by atoms with E-state index in [1.807, 2.05) is 19.1 Å². The van der Waals surface area contributed by atoms with Crippen LogP contribution in [0.15, 0.2) is 18.3 Å². The van der Waals surface area contributed by atoms with Crippen molar-refractivity contribution in [2.45, 2.75) is 26.8 Å². The Morgan fingerprint density at radius 2 is 2.18 bits per heavy atom. The number of hydrogen-bond acceptors (Lipinski definition) is 4. The van der Waals surface area contributed by atoms with Gasteiger partial charge in [0.25, 0.3) is 0 Å². The lowest BCUT2D eigenvalue weighted by molar-refractivity contribution is 0.108. The molecule has 0 amide bonds. The highest BCUT2D eigenvalue weighted by atomic mass is 16.5. The van der Waals surface area contributed by atoms with Gasteiger partial charge < -0.3 is 14.8 Å². The van der Waals surface area contributed by atoms with E-state index in [0.717, 1.165) is 26.1 Å². The van der Waals surface area contributed by atoms with E-state index in [-0.39, 0.29) is 0 Å². The van der Waals surface area contributed by atoms with Crippen LogP contribution in [-0.4, -0.2) is 31.3 Å². The standard InChI is InChI=1S/C13H22N2O2/c1-3-6-14-11-12-5-7-15-13(10-12)17-9-8-16-4-2/h5,7,10,14H,3-4,6,8-9,11H2,1-2H3. The maximum Gasteiger partial charge on any atom is 0.213 e. The van der Waals surface area contributed by atoms with Crippen molar-refractivity contribution in [1.29, 1.82) is 0 Å². The number of aromatic nitrogens is 1. The third kappa shape index (κ3) is 6.24. The zero-order valence-corrected chi connectivity index (χ0v) is 10.7. The summed E-state index contributed by atoms with van der Waals surface area (Å²) < 4.78 is 10.7. The third-order valence-corrected chi connectivity index (χ3v) is 2.24. The molecule has 1 aromatic heterocycles. The molecule has 17 heavy (non-hydrogen) atoms. The normalized spacial score (nSPS) is 10.5. The fourth-order valence-corrected chi connectivity index (χ4v) is 1.40. The molecule has 0 saturated carbocycles. The fourth-order valence-electron chi connectivity index (χ4n) is 1.40. The van der Waals surface area contributed by atoms with Crippen molar-refractivity contribution < 1.29 is 9.47 Å². The summed E-state index contributed by atoms with van der Waals surface area (Å²) >= 11 is 0. The maximum atomic E-state index is 5.49. The Balaban J connectivity index is 2.31. The van der Waals surface area contributed by atoms with Gasteiger partial charge in [0.15, 0.2) is 0 Å². The Morgan fingerprint density at radius 1 is 1.29 bits per heavy atom. The minimum Gasteiger partial charge on any atom is -0.475 e. The van der Waals surface area contributed by atoms with Gasteiger partial charge in [0, 0.05) is 25.4 Å². The first kappa shape index (κ1) is 13.9.